The number of quaternary nitrogens is 1. The van der Waals surface area contributed by atoms with E-state index >= 15 is 0 Å². The van der Waals surface area contributed by atoms with Crippen LogP contribution in [0.15, 0.2) is 54.6 Å². The molecule has 114 valence electrons. The van der Waals surface area contributed by atoms with Crippen LogP contribution in [0.1, 0.15) is 35.8 Å². The lowest BCUT2D eigenvalue weighted by Crippen LogP contribution is -2.86. The minimum atomic E-state index is -0.0571. The number of ketones is 1. The lowest BCUT2D eigenvalue weighted by Gasteiger charge is -2.11. The molecule has 2 aromatic rings. The molecule has 3 N–H and O–H groups in total. The van der Waals surface area contributed by atoms with E-state index in [2.05, 4.69) is 24.4 Å². The van der Waals surface area contributed by atoms with Gasteiger partial charge in [-0.05, 0) is 38.1 Å². The Morgan fingerprint density at radius 2 is 1.68 bits per heavy atom. The molecule has 1 atom stereocenters. The van der Waals surface area contributed by atoms with E-state index in [4.69, 9.17) is 0 Å². The molecule has 22 heavy (non-hydrogen) atoms. The summed E-state index contributed by atoms with van der Waals surface area (Å²) in [7, 11) is 0. The van der Waals surface area contributed by atoms with Crippen LogP contribution in [0.25, 0.3) is 0 Å². The highest BCUT2D eigenvalue weighted by Crippen LogP contribution is 2.10. The number of rotatable bonds is 6. The van der Waals surface area contributed by atoms with Gasteiger partial charge < -0.3 is 10.6 Å². The van der Waals surface area contributed by atoms with Crippen LogP contribution in [0, 0.1) is 0 Å². The first-order valence-electron chi connectivity index (χ1n) is 7.35. The van der Waals surface area contributed by atoms with Crippen molar-refractivity contribution in [2.75, 3.05) is 11.9 Å². The van der Waals surface area contributed by atoms with Crippen molar-refractivity contribution in [3.8, 4) is 0 Å². The van der Waals surface area contributed by atoms with E-state index in [1.54, 1.807) is 24.3 Å². The molecule has 0 heterocycles. The van der Waals surface area contributed by atoms with Crippen LogP contribution >= 0.6 is 0 Å². The second-order valence-electron chi connectivity index (χ2n) is 5.32. The van der Waals surface area contributed by atoms with Crippen molar-refractivity contribution >= 4 is 17.4 Å². The summed E-state index contributed by atoms with van der Waals surface area (Å²) in [5, 5.41) is 4.83. The third kappa shape index (κ3) is 4.53. The van der Waals surface area contributed by atoms with Gasteiger partial charge in [0, 0.05) is 16.8 Å². The fourth-order valence-corrected chi connectivity index (χ4v) is 2.18. The molecule has 0 saturated heterocycles. The van der Waals surface area contributed by atoms with Gasteiger partial charge in [0.15, 0.2) is 12.3 Å². The zero-order chi connectivity index (χ0) is 15.9. The molecule has 0 aliphatic heterocycles. The number of nitrogens with one attached hydrogen (secondary N) is 1. The van der Waals surface area contributed by atoms with Gasteiger partial charge in [0.2, 0.25) is 0 Å². The minimum Gasteiger partial charge on any atom is -0.333 e. The molecule has 0 aromatic heterocycles. The summed E-state index contributed by atoms with van der Waals surface area (Å²) >= 11 is 0. The molecular formula is C18H21N2O2+. The second-order valence-corrected chi connectivity index (χ2v) is 5.32. The van der Waals surface area contributed by atoms with E-state index < -0.39 is 0 Å². The number of hydrogen-bond acceptors (Lipinski definition) is 2. The minimum absolute atomic E-state index is 0.0166. The molecule has 0 aliphatic carbocycles. The lowest BCUT2D eigenvalue weighted by molar-refractivity contribution is -0.682. The Morgan fingerprint density at radius 3 is 2.27 bits per heavy atom. The van der Waals surface area contributed by atoms with E-state index in [-0.39, 0.29) is 17.7 Å². The van der Waals surface area contributed by atoms with Crippen LogP contribution < -0.4 is 10.6 Å². The molecule has 0 unspecified atom stereocenters. The zero-order valence-electron chi connectivity index (χ0n) is 12.9. The van der Waals surface area contributed by atoms with Crippen molar-refractivity contribution < 1.29 is 14.9 Å². The standard InChI is InChI=1S/C18H20N2O2/c1-13(15-6-4-3-5-7-15)19-12-18(22)20-17-10-8-16(9-11-17)14(2)21/h3-11,13,19H,12H2,1-2H3,(H,20,22)/p+1/t13-/m1/s1. The first kappa shape index (κ1) is 15.9. The molecule has 0 saturated carbocycles. The summed E-state index contributed by atoms with van der Waals surface area (Å²) in [6.07, 6.45) is 0. The Balaban J connectivity index is 1.84. The maximum Gasteiger partial charge on any atom is 0.279 e. The Kier molecular flexibility index (Phi) is 5.44. The molecule has 0 radical (unpaired) electrons. The predicted molar refractivity (Wildman–Crippen MR) is 86.7 cm³/mol. The van der Waals surface area contributed by atoms with E-state index in [9.17, 15) is 9.59 Å². The summed E-state index contributed by atoms with van der Waals surface area (Å²) in [4.78, 5) is 23.2. The fourth-order valence-electron chi connectivity index (χ4n) is 2.18. The summed E-state index contributed by atoms with van der Waals surface area (Å²) in [6.45, 7) is 3.95. The van der Waals surface area contributed by atoms with E-state index in [1.165, 1.54) is 12.5 Å². The molecule has 1 amide bonds. The van der Waals surface area contributed by atoms with Crippen LogP contribution in [0.2, 0.25) is 0 Å². The third-order valence-corrected chi connectivity index (χ3v) is 3.56. The Morgan fingerprint density at radius 1 is 1.05 bits per heavy atom. The van der Waals surface area contributed by atoms with Gasteiger partial charge >= 0.3 is 0 Å². The Hall–Kier alpha value is -2.46. The van der Waals surface area contributed by atoms with Crippen LogP contribution in [0.3, 0.4) is 0 Å². The summed E-state index contributed by atoms with van der Waals surface area (Å²) in [6, 6.07) is 17.2. The highest BCUT2D eigenvalue weighted by atomic mass is 16.2. The molecule has 0 spiro atoms. The number of nitrogens with two attached hydrogens (primary N) is 1. The maximum absolute atomic E-state index is 12.0. The SMILES string of the molecule is CC(=O)c1ccc(NC(=O)C[NH2+][C@H](C)c2ccccc2)cc1. The van der Waals surface area contributed by atoms with Crippen LogP contribution in [0.4, 0.5) is 5.69 Å². The molecule has 4 heteroatoms. The van der Waals surface area contributed by atoms with Crippen molar-refractivity contribution in [2.24, 2.45) is 0 Å². The van der Waals surface area contributed by atoms with Crippen LogP contribution in [0.5, 0.6) is 0 Å². The monoisotopic (exact) mass is 297 g/mol. The molecular weight excluding hydrogens is 276 g/mol. The first-order valence-corrected chi connectivity index (χ1v) is 7.35. The smallest absolute Gasteiger partial charge is 0.279 e. The lowest BCUT2D eigenvalue weighted by atomic mass is 10.1. The number of carbonyl (C=O) groups excluding carboxylic acids is 2. The number of benzene rings is 2. The van der Waals surface area contributed by atoms with Gasteiger partial charge in [-0.1, -0.05) is 30.3 Å². The predicted octanol–water partition coefficient (Wildman–Crippen LogP) is 2.15. The summed E-state index contributed by atoms with van der Waals surface area (Å²) in [5.74, 6) is -0.0405. The Bertz CT molecular complexity index is 636. The number of carbonyl (C=O) groups is 2. The number of hydrogen-bond donors (Lipinski definition) is 2. The van der Waals surface area contributed by atoms with Gasteiger partial charge in [0.05, 0.1) is 0 Å². The largest absolute Gasteiger partial charge is 0.333 e. The van der Waals surface area contributed by atoms with Gasteiger partial charge in [-0.25, -0.2) is 0 Å². The number of amides is 1. The maximum atomic E-state index is 12.0. The van der Waals surface area contributed by atoms with Gasteiger partial charge in [0.1, 0.15) is 6.04 Å². The fraction of sp³-hybridized carbons (Fsp3) is 0.222. The second kappa shape index (κ2) is 7.52. The van der Waals surface area contributed by atoms with E-state index in [0.29, 0.717) is 17.8 Å². The van der Waals surface area contributed by atoms with Gasteiger partial charge in [0.25, 0.3) is 5.91 Å². The van der Waals surface area contributed by atoms with Crippen molar-refractivity contribution in [1.29, 1.82) is 0 Å². The van der Waals surface area contributed by atoms with E-state index in [1.807, 2.05) is 23.5 Å². The van der Waals surface area contributed by atoms with Gasteiger partial charge in [-0.3, -0.25) is 9.59 Å². The van der Waals surface area contributed by atoms with Gasteiger partial charge in [-0.15, -0.1) is 0 Å². The zero-order valence-corrected chi connectivity index (χ0v) is 12.9. The third-order valence-electron chi connectivity index (χ3n) is 3.56. The quantitative estimate of drug-likeness (QED) is 0.803. The van der Waals surface area contributed by atoms with Gasteiger partial charge in [-0.2, -0.15) is 0 Å². The molecule has 2 aromatic carbocycles. The molecule has 0 fully saturated rings. The summed E-state index contributed by atoms with van der Waals surface area (Å²) in [5.41, 5.74) is 2.54. The first-order chi connectivity index (χ1) is 10.6. The van der Waals surface area contributed by atoms with Crippen molar-refractivity contribution in [3.05, 3.63) is 65.7 Å². The number of anilines is 1. The van der Waals surface area contributed by atoms with Crippen LogP contribution in [-0.2, 0) is 4.79 Å². The average molecular weight is 297 g/mol. The molecule has 2 rings (SSSR count). The molecule has 4 nitrogen and oxygen atoms in total. The van der Waals surface area contributed by atoms with Crippen molar-refractivity contribution in [3.63, 3.8) is 0 Å². The topological polar surface area (TPSA) is 62.8 Å². The molecule has 0 aliphatic rings. The van der Waals surface area contributed by atoms with Crippen molar-refractivity contribution in [1.82, 2.24) is 0 Å². The van der Waals surface area contributed by atoms with Crippen LogP contribution in [-0.4, -0.2) is 18.2 Å². The highest BCUT2D eigenvalue weighted by Gasteiger charge is 2.11. The average Bonchev–Trinajstić information content (AvgIpc) is 2.54. The summed E-state index contributed by atoms with van der Waals surface area (Å²) < 4.78 is 0. The number of Topliss-reactive ketones (excluding diaryl/α,β-unsaturated/α-hetero) is 1. The highest BCUT2D eigenvalue weighted by molar-refractivity contribution is 5.95. The molecule has 0 bridgehead atoms. The Labute approximate surface area is 130 Å². The normalized spacial score (nSPS) is 11.7. The van der Waals surface area contributed by atoms with E-state index in [0.717, 1.165) is 0 Å². The van der Waals surface area contributed by atoms with Crippen molar-refractivity contribution in [2.45, 2.75) is 19.9 Å².